The number of carbonyl (C=O) groups excluding carboxylic acids is 2. The van der Waals surface area contributed by atoms with Gasteiger partial charge in [0.2, 0.25) is 11.8 Å². The fourth-order valence-electron chi connectivity index (χ4n) is 2.61. The third-order valence-electron chi connectivity index (χ3n) is 3.73. The third kappa shape index (κ3) is 3.98. The Morgan fingerprint density at radius 3 is 2.83 bits per heavy atom. The number of hydrogen-bond acceptors (Lipinski definition) is 3. The molecule has 0 aromatic heterocycles. The van der Waals surface area contributed by atoms with Crippen LogP contribution in [-0.2, 0) is 9.59 Å². The van der Waals surface area contributed by atoms with Crippen molar-refractivity contribution in [3.05, 3.63) is 0 Å². The number of amides is 2. The molecular formula is C13H23N3O2. The van der Waals surface area contributed by atoms with Gasteiger partial charge >= 0.3 is 0 Å². The van der Waals surface area contributed by atoms with E-state index in [9.17, 15) is 9.59 Å². The Morgan fingerprint density at radius 2 is 2.06 bits per heavy atom. The van der Waals surface area contributed by atoms with E-state index in [0.29, 0.717) is 13.0 Å². The van der Waals surface area contributed by atoms with E-state index in [1.165, 1.54) is 12.8 Å². The molecule has 0 saturated carbocycles. The lowest BCUT2D eigenvalue weighted by Crippen LogP contribution is -2.48. The molecule has 2 saturated heterocycles. The average Bonchev–Trinajstić information content (AvgIpc) is 2.72. The second kappa shape index (κ2) is 6.73. The Kier molecular flexibility index (Phi) is 4.99. The molecule has 102 valence electrons. The molecule has 2 fully saturated rings. The average molecular weight is 253 g/mol. The van der Waals surface area contributed by atoms with Crippen LogP contribution >= 0.6 is 0 Å². The van der Waals surface area contributed by atoms with E-state index in [1.54, 1.807) is 0 Å². The first-order chi connectivity index (χ1) is 8.75. The van der Waals surface area contributed by atoms with Crippen molar-refractivity contribution in [3.63, 3.8) is 0 Å². The minimum atomic E-state index is -0.0533. The molecule has 5 heteroatoms. The van der Waals surface area contributed by atoms with Gasteiger partial charge in [0.15, 0.2) is 0 Å². The smallest absolute Gasteiger partial charge is 0.237 e. The summed E-state index contributed by atoms with van der Waals surface area (Å²) < 4.78 is 0. The number of rotatable bonds is 3. The van der Waals surface area contributed by atoms with Crippen molar-refractivity contribution in [2.45, 2.75) is 57.0 Å². The number of hydrogen-bond donors (Lipinski definition) is 3. The van der Waals surface area contributed by atoms with Gasteiger partial charge in [0, 0.05) is 19.0 Å². The fourth-order valence-corrected chi connectivity index (χ4v) is 2.61. The first kappa shape index (κ1) is 13.3. The standard InChI is InChI=1S/C13H23N3O2/c17-12-7-6-10(16-12)9-15-13(18)11-5-3-1-2-4-8-14-11/h10-11,14H,1-9H2,(H,15,18)(H,16,17). The molecule has 0 spiro atoms. The lowest BCUT2D eigenvalue weighted by molar-refractivity contribution is -0.124. The highest BCUT2D eigenvalue weighted by Crippen LogP contribution is 2.10. The molecule has 2 unspecified atom stereocenters. The van der Waals surface area contributed by atoms with Gasteiger partial charge in [-0.05, 0) is 25.8 Å². The fraction of sp³-hybridized carbons (Fsp3) is 0.846. The van der Waals surface area contributed by atoms with Gasteiger partial charge in [0.1, 0.15) is 0 Å². The van der Waals surface area contributed by atoms with Crippen LogP contribution < -0.4 is 16.0 Å². The zero-order valence-electron chi connectivity index (χ0n) is 10.8. The monoisotopic (exact) mass is 253 g/mol. The van der Waals surface area contributed by atoms with Crippen LogP contribution in [0.25, 0.3) is 0 Å². The molecule has 0 bridgehead atoms. The maximum atomic E-state index is 12.0. The minimum Gasteiger partial charge on any atom is -0.353 e. The van der Waals surface area contributed by atoms with Gasteiger partial charge < -0.3 is 16.0 Å². The van der Waals surface area contributed by atoms with Crippen LogP contribution in [0.1, 0.15) is 44.9 Å². The Hall–Kier alpha value is -1.10. The van der Waals surface area contributed by atoms with Crippen molar-refractivity contribution in [1.29, 1.82) is 0 Å². The summed E-state index contributed by atoms with van der Waals surface area (Å²) >= 11 is 0. The molecule has 0 radical (unpaired) electrons. The second-order valence-electron chi connectivity index (χ2n) is 5.26. The third-order valence-corrected chi connectivity index (χ3v) is 3.73. The first-order valence-electron chi connectivity index (χ1n) is 7.06. The van der Waals surface area contributed by atoms with Gasteiger partial charge in [0.25, 0.3) is 0 Å². The first-order valence-corrected chi connectivity index (χ1v) is 7.06. The van der Waals surface area contributed by atoms with E-state index in [0.717, 1.165) is 32.2 Å². The topological polar surface area (TPSA) is 70.2 Å². The van der Waals surface area contributed by atoms with E-state index >= 15 is 0 Å². The van der Waals surface area contributed by atoms with Crippen molar-refractivity contribution in [1.82, 2.24) is 16.0 Å². The molecule has 5 nitrogen and oxygen atoms in total. The molecule has 18 heavy (non-hydrogen) atoms. The summed E-state index contributed by atoms with van der Waals surface area (Å²) in [6, 6.07) is 0.0670. The van der Waals surface area contributed by atoms with Crippen LogP contribution in [0.5, 0.6) is 0 Å². The maximum absolute atomic E-state index is 12.0. The molecule has 2 amide bonds. The lowest BCUT2D eigenvalue weighted by atomic mass is 10.0. The number of carbonyl (C=O) groups is 2. The largest absolute Gasteiger partial charge is 0.353 e. The normalized spacial score (nSPS) is 29.2. The lowest BCUT2D eigenvalue weighted by Gasteiger charge is -2.21. The predicted octanol–water partition coefficient (Wildman–Crippen LogP) is 0.304. The molecule has 2 aliphatic rings. The summed E-state index contributed by atoms with van der Waals surface area (Å²) in [5.41, 5.74) is 0. The zero-order valence-corrected chi connectivity index (χ0v) is 10.8. The van der Waals surface area contributed by atoms with E-state index < -0.39 is 0 Å². The maximum Gasteiger partial charge on any atom is 0.237 e. The van der Waals surface area contributed by atoms with Gasteiger partial charge in [-0.3, -0.25) is 9.59 Å². The van der Waals surface area contributed by atoms with Gasteiger partial charge in [-0.25, -0.2) is 0 Å². The summed E-state index contributed by atoms with van der Waals surface area (Å²) in [5.74, 6) is 0.177. The Balaban J connectivity index is 1.70. The molecule has 2 heterocycles. The molecule has 0 aromatic carbocycles. The summed E-state index contributed by atoms with van der Waals surface area (Å²) in [5, 5.41) is 9.11. The SMILES string of the molecule is O=C1CCC(CNC(=O)C2CCCCCCN2)N1. The highest BCUT2D eigenvalue weighted by atomic mass is 16.2. The van der Waals surface area contributed by atoms with Crippen molar-refractivity contribution < 1.29 is 9.59 Å². The summed E-state index contributed by atoms with van der Waals surface area (Å²) in [7, 11) is 0. The minimum absolute atomic E-state index is 0.0533. The second-order valence-corrected chi connectivity index (χ2v) is 5.26. The van der Waals surface area contributed by atoms with Crippen LogP contribution in [0.2, 0.25) is 0 Å². The van der Waals surface area contributed by atoms with E-state index in [4.69, 9.17) is 0 Å². The van der Waals surface area contributed by atoms with Crippen LogP contribution in [0.4, 0.5) is 0 Å². The predicted molar refractivity (Wildman–Crippen MR) is 69.1 cm³/mol. The van der Waals surface area contributed by atoms with Crippen LogP contribution in [0, 0.1) is 0 Å². The Labute approximate surface area is 108 Å². The van der Waals surface area contributed by atoms with E-state index in [1.807, 2.05) is 0 Å². The molecule has 2 rings (SSSR count). The van der Waals surface area contributed by atoms with Crippen molar-refractivity contribution in [2.24, 2.45) is 0 Å². The van der Waals surface area contributed by atoms with E-state index in [2.05, 4.69) is 16.0 Å². The van der Waals surface area contributed by atoms with Crippen molar-refractivity contribution >= 4 is 11.8 Å². The number of nitrogens with one attached hydrogen (secondary N) is 3. The summed E-state index contributed by atoms with van der Waals surface area (Å²) in [4.78, 5) is 23.1. The molecule has 0 aliphatic carbocycles. The molecule has 2 aliphatic heterocycles. The van der Waals surface area contributed by atoms with Crippen LogP contribution in [-0.4, -0.2) is 37.0 Å². The zero-order chi connectivity index (χ0) is 12.8. The van der Waals surface area contributed by atoms with Crippen molar-refractivity contribution in [2.75, 3.05) is 13.1 Å². The van der Waals surface area contributed by atoms with Gasteiger partial charge in [-0.15, -0.1) is 0 Å². The Morgan fingerprint density at radius 1 is 1.22 bits per heavy atom. The Bertz CT molecular complexity index is 299. The van der Waals surface area contributed by atoms with Crippen LogP contribution in [0.15, 0.2) is 0 Å². The molecule has 2 atom stereocenters. The summed E-state index contributed by atoms with van der Waals surface area (Å²) in [6.45, 7) is 1.49. The van der Waals surface area contributed by atoms with Gasteiger partial charge in [0.05, 0.1) is 6.04 Å². The van der Waals surface area contributed by atoms with Gasteiger partial charge in [-0.2, -0.15) is 0 Å². The highest BCUT2D eigenvalue weighted by Gasteiger charge is 2.23. The summed E-state index contributed by atoms with van der Waals surface area (Å²) in [6.07, 6.45) is 7.09. The van der Waals surface area contributed by atoms with E-state index in [-0.39, 0.29) is 23.9 Å². The van der Waals surface area contributed by atoms with Crippen LogP contribution in [0.3, 0.4) is 0 Å². The highest BCUT2D eigenvalue weighted by molar-refractivity contribution is 5.82. The molecular weight excluding hydrogens is 230 g/mol. The molecule has 0 aromatic rings. The quantitative estimate of drug-likeness (QED) is 0.677. The molecule has 3 N–H and O–H groups in total. The van der Waals surface area contributed by atoms with Gasteiger partial charge in [-0.1, -0.05) is 19.3 Å². The van der Waals surface area contributed by atoms with Crippen molar-refractivity contribution in [3.8, 4) is 0 Å².